The Morgan fingerprint density at radius 1 is 0.973 bits per heavy atom. The summed E-state index contributed by atoms with van der Waals surface area (Å²) in [5, 5.41) is 2.94. The van der Waals surface area contributed by atoms with Crippen LogP contribution in [-0.2, 0) is 32.6 Å². The Hall–Kier alpha value is -3.40. The molecule has 2 aliphatic heterocycles. The summed E-state index contributed by atoms with van der Waals surface area (Å²) >= 11 is 0. The molecule has 1 amide bonds. The second-order valence-corrected chi connectivity index (χ2v) is 11.2. The molecule has 0 spiro atoms. The van der Waals surface area contributed by atoms with E-state index in [0.29, 0.717) is 18.0 Å². The van der Waals surface area contributed by atoms with E-state index in [1.807, 2.05) is 25.1 Å². The Morgan fingerprint density at radius 2 is 1.73 bits per heavy atom. The minimum absolute atomic E-state index is 0.115. The normalized spacial score (nSPS) is 18.1. The van der Waals surface area contributed by atoms with E-state index in [1.165, 1.54) is 9.87 Å². The maximum Gasteiger partial charge on any atom is 0.264 e. The van der Waals surface area contributed by atoms with Crippen molar-refractivity contribution in [2.75, 3.05) is 37.2 Å². The number of morpholine rings is 1. The van der Waals surface area contributed by atoms with E-state index < -0.39 is 16.1 Å². The van der Waals surface area contributed by atoms with Gasteiger partial charge in [0.05, 0.1) is 30.3 Å². The molecule has 37 heavy (non-hydrogen) atoms. The number of amides is 1. The molecule has 2 aliphatic rings. The van der Waals surface area contributed by atoms with Crippen LogP contribution in [0.25, 0.3) is 0 Å². The maximum atomic E-state index is 13.5. The van der Waals surface area contributed by atoms with Crippen molar-refractivity contribution in [2.45, 2.75) is 31.0 Å². The Kier molecular flexibility index (Phi) is 7.45. The summed E-state index contributed by atoms with van der Waals surface area (Å²) in [6.45, 7) is 6.24. The lowest BCUT2D eigenvalue weighted by Gasteiger charge is -2.35. The van der Waals surface area contributed by atoms with Gasteiger partial charge in [0, 0.05) is 26.2 Å². The van der Waals surface area contributed by atoms with Gasteiger partial charge >= 0.3 is 0 Å². The van der Waals surface area contributed by atoms with Crippen molar-refractivity contribution in [1.82, 2.24) is 10.2 Å². The summed E-state index contributed by atoms with van der Waals surface area (Å²) in [7, 11) is -3.88. The predicted octanol–water partition coefficient (Wildman–Crippen LogP) is 3.10. The molecule has 0 aromatic heterocycles. The zero-order valence-corrected chi connectivity index (χ0v) is 21.6. The monoisotopic (exact) mass is 521 g/mol. The van der Waals surface area contributed by atoms with E-state index in [-0.39, 0.29) is 17.3 Å². The molecule has 8 nitrogen and oxygen atoms in total. The number of carbonyl (C=O) groups excluding carboxylic acids is 1. The van der Waals surface area contributed by atoms with Crippen molar-refractivity contribution in [3.05, 3.63) is 89.5 Å². The lowest BCUT2D eigenvalue weighted by molar-refractivity contribution is -0.127. The van der Waals surface area contributed by atoms with Gasteiger partial charge in [-0.3, -0.25) is 14.0 Å². The van der Waals surface area contributed by atoms with Gasteiger partial charge in [0.1, 0.15) is 5.75 Å². The fourth-order valence-electron chi connectivity index (χ4n) is 4.60. The fraction of sp³-hybridized carbons (Fsp3) is 0.321. The molecule has 3 aromatic carbocycles. The highest BCUT2D eigenvalue weighted by molar-refractivity contribution is 7.92. The van der Waals surface area contributed by atoms with Crippen LogP contribution < -0.4 is 14.4 Å². The van der Waals surface area contributed by atoms with Crippen molar-refractivity contribution >= 4 is 21.6 Å². The van der Waals surface area contributed by atoms with Gasteiger partial charge in [-0.2, -0.15) is 0 Å². The molecule has 1 saturated heterocycles. The molecule has 3 aromatic rings. The first-order valence-corrected chi connectivity index (χ1v) is 13.8. The van der Waals surface area contributed by atoms with Crippen molar-refractivity contribution in [1.29, 1.82) is 0 Å². The lowest BCUT2D eigenvalue weighted by Crippen LogP contribution is -2.50. The first-order chi connectivity index (χ1) is 17.9. The molecule has 194 valence electrons. The summed E-state index contributed by atoms with van der Waals surface area (Å²) in [6, 6.07) is 21.7. The maximum absolute atomic E-state index is 13.5. The molecule has 0 bridgehead atoms. The highest BCUT2D eigenvalue weighted by atomic mass is 32.2. The van der Waals surface area contributed by atoms with Crippen LogP contribution in [0.4, 0.5) is 5.69 Å². The summed E-state index contributed by atoms with van der Waals surface area (Å²) in [4.78, 5) is 15.7. The van der Waals surface area contributed by atoms with Crippen molar-refractivity contribution < 1.29 is 22.7 Å². The Balaban J connectivity index is 1.31. The van der Waals surface area contributed by atoms with E-state index in [1.54, 1.807) is 42.5 Å². The Labute approximate surface area is 217 Å². The molecular weight excluding hydrogens is 490 g/mol. The molecule has 9 heteroatoms. The Morgan fingerprint density at radius 3 is 2.51 bits per heavy atom. The smallest absolute Gasteiger partial charge is 0.264 e. The van der Waals surface area contributed by atoms with Crippen molar-refractivity contribution in [3.63, 3.8) is 0 Å². The molecule has 2 heterocycles. The lowest BCUT2D eigenvalue weighted by atomic mass is 10.1. The molecular formula is C28H31N3O5S. The van der Waals surface area contributed by atoms with E-state index >= 15 is 0 Å². The molecule has 0 aliphatic carbocycles. The minimum atomic E-state index is -3.88. The number of aryl methyl sites for hydroxylation is 1. The van der Waals surface area contributed by atoms with E-state index in [2.05, 4.69) is 22.3 Å². The third kappa shape index (κ3) is 5.79. The van der Waals surface area contributed by atoms with Crippen molar-refractivity contribution in [2.24, 2.45) is 0 Å². The fourth-order valence-corrected chi connectivity index (χ4v) is 6.10. The van der Waals surface area contributed by atoms with Crippen LogP contribution in [-0.4, -0.2) is 58.2 Å². The van der Waals surface area contributed by atoms with Crippen molar-refractivity contribution in [3.8, 4) is 5.75 Å². The van der Waals surface area contributed by atoms with Gasteiger partial charge in [-0.05, 0) is 47.9 Å². The predicted molar refractivity (Wildman–Crippen MR) is 141 cm³/mol. The SMILES string of the molecule is Cc1ccc2c(c1)O[C@@H](C(=O)NCc1cccc(CN3CCOCC3)c1)CN2S(=O)(=O)c1ccccc1. The summed E-state index contributed by atoms with van der Waals surface area (Å²) in [6.07, 6.45) is -0.982. The van der Waals surface area contributed by atoms with Gasteiger partial charge < -0.3 is 14.8 Å². The molecule has 0 unspecified atom stereocenters. The van der Waals surface area contributed by atoms with E-state index in [0.717, 1.165) is 44.0 Å². The quantitative estimate of drug-likeness (QED) is 0.514. The summed E-state index contributed by atoms with van der Waals surface area (Å²) in [5.74, 6) is 0.0115. The highest BCUT2D eigenvalue weighted by Crippen LogP contribution is 2.37. The molecule has 5 rings (SSSR count). The average molecular weight is 522 g/mol. The average Bonchev–Trinajstić information content (AvgIpc) is 2.92. The third-order valence-electron chi connectivity index (χ3n) is 6.58. The van der Waals surface area contributed by atoms with Gasteiger partial charge in [-0.1, -0.05) is 48.5 Å². The van der Waals surface area contributed by atoms with Gasteiger partial charge in [-0.15, -0.1) is 0 Å². The Bertz CT molecular complexity index is 1360. The molecule has 1 N–H and O–H groups in total. The number of ether oxygens (including phenoxy) is 2. The third-order valence-corrected chi connectivity index (χ3v) is 8.37. The van der Waals surface area contributed by atoms with Gasteiger partial charge in [0.2, 0.25) is 0 Å². The van der Waals surface area contributed by atoms with E-state index in [9.17, 15) is 13.2 Å². The second-order valence-electron chi connectivity index (χ2n) is 9.35. The topological polar surface area (TPSA) is 88.2 Å². The second kappa shape index (κ2) is 10.9. The van der Waals surface area contributed by atoms with Crippen LogP contribution in [0.1, 0.15) is 16.7 Å². The summed E-state index contributed by atoms with van der Waals surface area (Å²) < 4.78 is 39.7. The van der Waals surface area contributed by atoms with Gasteiger partial charge in [0.25, 0.3) is 15.9 Å². The molecule has 0 saturated carbocycles. The standard InChI is InChI=1S/C28H31N3O5S/c1-21-10-11-25-26(16-21)36-27(20-31(25)37(33,34)24-8-3-2-4-9-24)28(32)29-18-22-6-5-7-23(17-22)19-30-12-14-35-15-13-30/h2-11,16-17,27H,12-15,18-20H2,1H3,(H,29,32)/t27-/m1/s1. The van der Waals surface area contributed by atoms with E-state index in [4.69, 9.17) is 9.47 Å². The van der Waals surface area contributed by atoms with Crippen LogP contribution in [0, 0.1) is 6.92 Å². The number of hydrogen-bond acceptors (Lipinski definition) is 6. The zero-order valence-electron chi connectivity index (χ0n) is 20.8. The first kappa shape index (κ1) is 25.3. The number of sulfonamides is 1. The number of nitrogens with one attached hydrogen (secondary N) is 1. The van der Waals surface area contributed by atoms with Crippen LogP contribution in [0.15, 0.2) is 77.7 Å². The van der Waals surface area contributed by atoms with Crippen LogP contribution in [0.5, 0.6) is 5.75 Å². The molecule has 1 fully saturated rings. The molecule has 1 atom stereocenters. The number of hydrogen-bond donors (Lipinski definition) is 1. The van der Waals surface area contributed by atoms with Gasteiger partial charge in [-0.25, -0.2) is 8.42 Å². The zero-order chi connectivity index (χ0) is 25.8. The number of benzene rings is 3. The highest BCUT2D eigenvalue weighted by Gasteiger charge is 2.37. The van der Waals surface area contributed by atoms with Crippen LogP contribution >= 0.6 is 0 Å². The minimum Gasteiger partial charge on any atom is -0.476 e. The van der Waals surface area contributed by atoms with Crippen LogP contribution in [0.3, 0.4) is 0 Å². The first-order valence-electron chi connectivity index (χ1n) is 12.4. The number of anilines is 1. The van der Waals surface area contributed by atoms with Gasteiger partial charge in [0.15, 0.2) is 6.10 Å². The largest absolute Gasteiger partial charge is 0.476 e. The number of fused-ring (bicyclic) bond motifs is 1. The number of carbonyl (C=O) groups is 1. The summed E-state index contributed by atoms with van der Waals surface area (Å²) in [5.41, 5.74) is 3.48. The molecule has 0 radical (unpaired) electrons. The number of rotatable bonds is 7. The number of nitrogens with zero attached hydrogens (tertiary/aromatic N) is 2. The van der Waals surface area contributed by atoms with Crippen LogP contribution in [0.2, 0.25) is 0 Å².